The Labute approximate surface area is 177 Å². The fourth-order valence-electron chi connectivity index (χ4n) is 2.55. The number of amides is 1. The highest BCUT2D eigenvalue weighted by Crippen LogP contribution is 2.28. The van der Waals surface area contributed by atoms with E-state index >= 15 is 0 Å². The van der Waals surface area contributed by atoms with Crippen molar-refractivity contribution in [2.24, 2.45) is 0 Å². The number of nitrogens with one attached hydrogen (secondary N) is 2. The minimum atomic E-state index is -3.99. The number of carbonyl (C=O) groups is 1. The Bertz CT molecular complexity index is 1150. The van der Waals surface area contributed by atoms with Crippen molar-refractivity contribution in [3.05, 3.63) is 76.4 Å². The van der Waals surface area contributed by atoms with Gasteiger partial charge in [-0.05, 0) is 67.1 Å². The second kappa shape index (κ2) is 8.62. The van der Waals surface area contributed by atoms with E-state index in [-0.39, 0.29) is 16.2 Å². The standard InChI is InChI=1S/C20H18BrN3O4S/c1-13-9-10-22-19(11-13)23-20(25)14-3-8-17(28-2)18(12-14)29(26,27)24-16-6-4-15(21)5-7-16/h3-12,24H,1-2H3,(H,22,23,25). The lowest BCUT2D eigenvalue weighted by atomic mass is 10.2. The lowest BCUT2D eigenvalue weighted by Gasteiger charge is -2.13. The van der Waals surface area contributed by atoms with Crippen molar-refractivity contribution in [2.75, 3.05) is 17.1 Å². The van der Waals surface area contributed by atoms with Crippen LogP contribution in [0.5, 0.6) is 5.75 Å². The van der Waals surface area contributed by atoms with Crippen LogP contribution in [-0.2, 0) is 10.0 Å². The van der Waals surface area contributed by atoms with Crippen LogP contribution >= 0.6 is 15.9 Å². The van der Waals surface area contributed by atoms with E-state index in [0.717, 1.165) is 10.0 Å². The topological polar surface area (TPSA) is 97.4 Å². The molecule has 29 heavy (non-hydrogen) atoms. The Balaban J connectivity index is 1.91. The van der Waals surface area contributed by atoms with Crippen molar-refractivity contribution >= 4 is 43.4 Å². The summed E-state index contributed by atoms with van der Waals surface area (Å²) in [5, 5.41) is 2.66. The molecule has 0 radical (unpaired) electrons. The summed E-state index contributed by atoms with van der Waals surface area (Å²) >= 11 is 3.30. The molecule has 0 aliphatic rings. The van der Waals surface area contributed by atoms with E-state index in [0.29, 0.717) is 11.5 Å². The summed E-state index contributed by atoms with van der Waals surface area (Å²) in [5.41, 5.74) is 1.48. The van der Waals surface area contributed by atoms with Gasteiger partial charge in [-0.25, -0.2) is 13.4 Å². The van der Waals surface area contributed by atoms with Crippen LogP contribution in [0.1, 0.15) is 15.9 Å². The number of carbonyl (C=O) groups excluding carboxylic acids is 1. The number of anilines is 2. The van der Waals surface area contributed by atoms with Crippen molar-refractivity contribution in [3.8, 4) is 5.75 Å². The number of pyridine rings is 1. The molecule has 1 amide bonds. The third-order valence-electron chi connectivity index (χ3n) is 3.97. The Morgan fingerprint density at radius 3 is 2.45 bits per heavy atom. The largest absolute Gasteiger partial charge is 0.495 e. The van der Waals surface area contributed by atoms with Crippen LogP contribution in [0.25, 0.3) is 0 Å². The summed E-state index contributed by atoms with van der Waals surface area (Å²) in [4.78, 5) is 16.5. The highest BCUT2D eigenvalue weighted by Gasteiger charge is 2.22. The predicted octanol–water partition coefficient (Wildman–Crippen LogP) is 4.21. The first kappa shape index (κ1) is 20.8. The fourth-order valence-corrected chi connectivity index (χ4v) is 4.07. The molecule has 3 rings (SSSR count). The molecule has 1 aromatic heterocycles. The quantitative estimate of drug-likeness (QED) is 0.556. The molecular formula is C20H18BrN3O4S. The second-order valence-electron chi connectivity index (χ2n) is 6.15. The van der Waals surface area contributed by atoms with Crippen LogP contribution in [0, 0.1) is 6.92 Å². The number of aryl methyl sites for hydroxylation is 1. The van der Waals surface area contributed by atoms with E-state index in [1.165, 1.54) is 25.3 Å². The smallest absolute Gasteiger partial charge is 0.265 e. The molecule has 0 saturated heterocycles. The number of sulfonamides is 1. The van der Waals surface area contributed by atoms with Crippen molar-refractivity contribution in [3.63, 3.8) is 0 Å². The van der Waals surface area contributed by atoms with Crippen LogP contribution in [0.15, 0.2) is 70.2 Å². The summed E-state index contributed by atoms with van der Waals surface area (Å²) in [7, 11) is -2.62. The van der Waals surface area contributed by atoms with Gasteiger partial charge in [0.25, 0.3) is 15.9 Å². The minimum absolute atomic E-state index is 0.125. The van der Waals surface area contributed by atoms with Gasteiger partial charge in [0.1, 0.15) is 16.5 Å². The third kappa shape index (κ3) is 5.12. The van der Waals surface area contributed by atoms with Crippen LogP contribution in [0.2, 0.25) is 0 Å². The van der Waals surface area contributed by atoms with Crippen molar-refractivity contribution in [1.29, 1.82) is 0 Å². The zero-order valence-corrected chi connectivity index (χ0v) is 18.0. The number of benzene rings is 2. The van der Waals surface area contributed by atoms with Crippen molar-refractivity contribution in [1.82, 2.24) is 4.98 Å². The highest BCUT2D eigenvalue weighted by atomic mass is 79.9. The molecule has 7 nitrogen and oxygen atoms in total. The average Bonchev–Trinajstić information content (AvgIpc) is 2.69. The number of methoxy groups -OCH3 is 1. The molecule has 2 N–H and O–H groups in total. The van der Waals surface area contributed by atoms with Gasteiger partial charge in [-0.15, -0.1) is 0 Å². The molecule has 0 fully saturated rings. The van der Waals surface area contributed by atoms with Gasteiger partial charge in [-0.1, -0.05) is 15.9 Å². The zero-order chi connectivity index (χ0) is 21.0. The van der Waals surface area contributed by atoms with E-state index < -0.39 is 15.9 Å². The summed E-state index contributed by atoms with van der Waals surface area (Å²) in [6.45, 7) is 1.88. The molecule has 0 aliphatic carbocycles. The second-order valence-corrected chi connectivity index (χ2v) is 8.72. The SMILES string of the molecule is COc1ccc(C(=O)Nc2cc(C)ccn2)cc1S(=O)(=O)Nc1ccc(Br)cc1. The van der Waals surface area contributed by atoms with Gasteiger partial charge in [0.15, 0.2) is 0 Å². The first-order valence-corrected chi connectivity index (χ1v) is 10.8. The van der Waals surface area contributed by atoms with Gasteiger partial charge in [-0.3, -0.25) is 9.52 Å². The average molecular weight is 476 g/mol. The highest BCUT2D eigenvalue weighted by molar-refractivity contribution is 9.10. The lowest BCUT2D eigenvalue weighted by molar-refractivity contribution is 0.102. The number of halogens is 1. The minimum Gasteiger partial charge on any atom is -0.495 e. The number of rotatable bonds is 6. The van der Waals surface area contributed by atoms with E-state index in [1.807, 2.05) is 13.0 Å². The molecule has 0 atom stereocenters. The summed E-state index contributed by atoms with van der Waals surface area (Å²) in [5.74, 6) is 0.0221. The lowest BCUT2D eigenvalue weighted by Crippen LogP contribution is -2.17. The van der Waals surface area contributed by atoms with Gasteiger partial charge in [-0.2, -0.15) is 0 Å². The van der Waals surface area contributed by atoms with Crippen LogP contribution < -0.4 is 14.8 Å². The van der Waals surface area contributed by atoms with Crippen LogP contribution in [0.4, 0.5) is 11.5 Å². The van der Waals surface area contributed by atoms with E-state index in [1.54, 1.807) is 36.5 Å². The maximum atomic E-state index is 12.9. The van der Waals surface area contributed by atoms with Gasteiger partial charge < -0.3 is 10.1 Å². The number of hydrogen-bond donors (Lipinski definition) is 2. The first-order valence-electron chi connectivity index (χ1n) is 8.49. The van der Waals surface area contributed by atoms with Crippen molar-refractivity contribution < 1.29 is 17.9 Å². The fraction of sp³-hybridized carbons (Fsp3) is 0.100. The molecule has 2 aromatic carbocycles. The van der Waals surface area contributed by atoms with Crippen molar-refractivity contribution in [2.45, 2.75) is 11.8 Å². The monoisotopic (exact) mass is 475 g/mol. The Morgan fingerprint density at radius 1 is 1.07 bits per heavy atom. The molecular weight excluding hydrogens is 458 g/mol. The van der Waals surface area contributed by atoms with Gasteiger partial charge in [0, 0.05) is 21.9 Å². The number of ether oxygens (including phenoxy) is 1. The van der Waals surface area contributed by atoms with E-state index in [9.17, 15) is 13.2 Å². The third-order valence-corrected chi connectivity index (χ3v) is 5.90. The molecule has 9 heteroatoms. The Morgan fingerprint density at radius 2 is 1.79 bits per heavy atom. The molecule has 3 aromatic rings. The maximum Gasteiger partial charge on any atom is 0.265 e. The normalized spacial score (nSPS) is 11.0. The molecule has 0 bridgehead atoms. The number of aromatic nitrogens is 1. The van der Waals surface area contributed by atoms with Gasteiger partial charge in [0.2, 0.25) is 0 Å². The Kier molecular flexibility index (Phi) is 6.19. The van der Waals surface area contributed by atoms with Crippen LogP contribution in [0.3, 0.4) is 0 Å². The zero-order valence-electron chi connectivity index (χ0n) is 15.6. The molecule has 0 spiro atoms. The van der Waals surface area contributed by atoms with E-state index in [4.69, 9.17) is 4.74 Å². The van der Waals surface area contributed by atoms with E-state index in [2.05, 4.69) is 31.0 Å². The Hall–Kier alpha value is -2.91. The van der Waals surface area contributed by atoms with Gasteiger partial charge in [0.05, 0.1) is 7.11 Å². The summed E-state index contributed by atoms with van der Waals surface area (Å²) < 4.78 is 34.3. The molecule has 0 aliphatic heterocycles. The van der Waals surface area contributed by atoms with Gasteiger partial charge >= 0.3 is 0 Å². The predicted molar refractivity (Wildman–Crippen MR) is 115 cm³/mol. The maximum absolute atomic E-state index is 12.9. The molecule has 0 unspecified atom stereocenters. The summed E-state index contributed by atoms with van der Waals surface area (Å²) in [6.07, 6.45) is 1.58. The van der Waals surface area contributed by atoms with Crippen LogP contribution in [-0.4, -0.2) is 26.4 Å². The number of hydrogen-bond acceptors (Lipinski definition) is 5. The number of nitrogens with zero attached hydrogens (tertiary/aromatic N) is 1. The first-order chi connectivity index (χ1) is 13.8. The summed E-state index contributed by atoms with van der Waals surface area (Å²) in [6, 6.07) is 14.4. The molecule has 150 valence electrons. The molecule has 1 heterocycles. The molecule has 0 saturated carbocycles.